The number of nitrogens with one attached hydrogen (secondary N) is 1. The van der Waals surface area contributed by atoms with Crippen molar-refractivity contribution >= 4 is 0 Å². The maximum Gasteiger partial charge on any atom is 0.0250 e. The second-order valence-electron chi connectivity index (χ2n) is 5.92. The minimum absolute atomic E-state index is 0.476. The molecule has 1 saturated carbocycles. The van der Waals surface area contributed by atoms with Crippen molar-refractivity contribution in [1.29, 1.82) is 0 Å². The van der Waals surface area contributed by atoms with Gasteiger partial charge in [0.15, 0.2) is 0 Å². The van der Waals surface area contributed by atoms with Crippen molar-refractivity contribution in [2.75, 3.05) is 13.1 Å². The molecule has 16 heavy (non-hydrogen) atoms. The lowest BCUT2D eigenvalue weighted by Crippen LogP contribution is -2.46. The highest BCUT2D eigenvalue weighted by molar-refractivity contribution is 4.97. The summed E-state index contributed by atoms with van der Waals surface area (Å²) in [7, 11) is 0. The Kier molecular flexibility index (Phi) is 3.18. The third-order valence-electron chi connectivity index (χ3n) is 4.83. The van der Waals surface area contributed by atoms with Crippen LogP contribution in [-0.4, -0.2) is 42.2 Å². The van der Waals surface area contributed by atoms with E-state index in [2.05, 4.69) is 10.2 Å². The average Bonchev–Trinajstić information content (AvgIpc) is 2.86. The third-order valence-corrected chi connectivity index (χ3v) is 4.83. The van der Waals surface area contributed by atoms with E-state index in [1.165, 1.54) is 58.0 Å². The molecule has 0 amide bonds. The van der Waals surface area contributed by atoms with Gasteiger partial charge >= 0.3 is 0 Å². The second-order valence-corrected chi connectivity index (χ2v) is 5.92. The summed E-state index contributed by atoms with van der Waals surface area (Å²) in [4.78, 5) is 2.69. The van der Waals surface area contributed by atoms with Gasteiger partial charge in [0.2, 0.25) is 0 Å². The maximum atomic E-state index is 5.95. The number of fused-ring (bicyclic) bond motifs is 1. The predicted octanol–water partition coefficient (Wildman–Crippen LogP) is 1.08. The number of rotatable bonds is 2. The Morgan fingerprint density at radius 2 is 1.75 bits per heavy atom. The van der Waals surface area contributed by atoms with Crippen LogP contribution in [0.4, 0.5) is 0 Å². The van der Waals surface area contributed by atoms with Crippen LogP contribution in [0.3, 0.4) is 0 Å². The zero-order valence-corrected chi connectivity index (χ0v) is 10.2. The van der Waals surface area contributed by atoms with Gasteiger partial charge in [0, 0.05) is 30.7 Å². The summed E-state index contributed by atoms with van der Waals surface area (Å²) in [5, 5.41) is 3.91. The molecule has 0 radical (unpaired) electrons. The van der Waals surface area contributed by atoms with Crippen molar-refractivity contribution in [2.45, 2.75) is 69.1 Å². The van der Waals surface area contributed by atoms with Crippen LogP contribution in [0.5, 0.6) is 0 Å². The van der Waals surface area contributed by atoms with E-state index in [9.17, 15) is 0 Å². The summed E-state index contributed by atoms with van der Waals surface area (Å²) in [6.45, 7) is 2.67. The highest BCUT2D eigenvalue weighted by Gasteiger charge is 2.38. The predicted molar refractivity (Wildman–Crippen MR) is 66.4 cm³/mol. The highest BCUT2D eigenvalue weighted by Crippen LogP contribution is 2.29. The van der Waals surface area contributed by atoms with Crippen molar-refractivity contribution in [2.24, 2.45) is 5.73 Å². The van der Waals surface area contributed by atoms with Crippen LogP contribution in [0.1, 0.15) is 44.9 Å². The highest BCUT2D eigenvalue weighted by atomic mass is 15.2. The largest absolute Gasteiger partial charge is 0.328 e. The van der Waals surface area contributed by atoms with Crippen LogP contribution < -0.4 is 11.1 Å². The molecule has 3 aliphatic rings. The molecule has 3 heteroatoms. The van der Waals surface area contributed by atoms with Crippen LogP contribution in [0.2, 0.25) is 0 Å². The summed E-state index contributed by atoms with van der Waals surface area (Å²) in [5.41, 5.74) is 5.95. The monoisotopic (exact) mass is 223 g/mol. The zero-order chi connectivity index (χ0) is 11.0. The summed E-state index contributed by atoms with van der Waals surface area (Å²) in [6.07, 6.45) is 9.24. The quantitative estimate of drug-likeness (QED) is 0.736. The van der Waals surface area contributed by atoms with Crippen molar-refractivity contribution in [3.63, 3.8) is 0 Å². The van der Waals surface area contributed by atoms with E-state index < -0.39 is 0 Å². The topological polar surface area (TPSA) is 41.3 Å². The lowest BCUT2D eigenvalue weighted by Gasteiger charge is -2.31. The lowest BCUT2D eigenvalue weighted by molar-refractivity contribution is 0.264. The Labute approximate surface area is 98.8 Å². The fraction of sp³-hybridized carbons (Fsp3) is 1.00. The first-order chi connectivity index (χ1) is 7.83. The Balaban J connectivity index is 1.51. The van der Waals surface area contributed by atoms with Gasteiger partial charge in [-0.25, -0.2) is 0 Å². The van der Waals surface area contributed by atoms with Crippen molar-refractivity contribution in [3.8, 4) is 0 Å². The van der Waals surface area contributed by atoms with E-state index in [0.717, 1.165) is 18.1 Å². The fourth-order valence-electron chi connectivity index (χ4n) is 3.87. The molecule has 2 aliphatic heterocycles. The molecule has 1 aliphatic carbocycles. The van der Waals surface area contributed by atoms with E-state index in [0.29, 0.717) is 6.04 Å². The number of nitrogens with zero attached hydrogens (tertiary/aromatic N) is 1. The van der Waals surface area contributed by atoms with Gasteiger partial charge in [0.25, 0.3) is 0 Å². The molecule has 0 spiro atoms. The molecule has 3 rings (SSSR count). The van der Waals surface area contributed by atoms with Crippen LogP contribution >= 0.6 is 0 Å². The molecule has 0 aromatic rings. The van der Waals surface area contributed by atoms with E-state index in [4.69, 9.17) is 5.73 Å². The first-order valence-electron chi connectivity index (χ1n) is 7.08. The Morgan fingerprint density at radius 1 is 0.938 bits per heavy atom. The minimum Gasteiger partial charge on any atom is -0.328 e. The molecule has 3 N–H and O–H groups in total. The smallest absolute Gasteiger partial charge is 0.0250 e. The Morgan fingerprint density at radius 3 is 2.56 bits per heavy atom. The van der Waals surface area contributed by atoms with Crippen molar-refractivity contribution in [3.05, 3.63) is 0 Å². The second kappa shape index (κ2) is 4.63. The third kappa shape index (κ3) is 2.13. The zero-order valence-electron chi connectivity index (χ0n) is 10.2. The van der Waals surface area contributed by atoms with Crippen LogP contribution in [0, 0.1) is 0 Å². The fourth-order valence-corrected chi connectivity index (χ4v) is 3.87. The molecule has 3 nitrogen and oxygen atoms in total. The molecule has 0 bridgehead atoms. The van der Waals surface area contributed by atoms with E-state index in [-0.39, 0.29) is 0 Å². The van der Waals surface area contributed by atoms with E-state index in [1.54, 1.807) is 0 Å². The van der Waals surface area contributed by atoms with Gasteiger partial charge in [-0.1, -0.05) is 0 Å². The van der Waals surface area contributed by atoms with Gasteiger partial charge in [-0.3, -0.25) is 4.90 Å². The molecular formula is C13H25N3. The van der Waals surface area contributed by atoms with Gasteiger partial charge in [-0.15, -0.1) is 0 Å². The number of nitrogens with two attached hydrogens (primary N) is 1. The normalized spacial score (nSPS) is 44.8. The maximum absolute atomic E-state index is 5.95. The lowest BCUT2D eigenvalue weighted by atomic mass is 9.90. The number of hydrogen-bond donors (Lipinski definition) is 2. The molecule has 2 unspecified atom stereocenters. The Bertz CT molecular complexity index is 235. The molecule has 92 valence electrons. The summed E-state index contributed by atoms with van der Waals surface area (Å²) >= 11 is 0. The molecule has 3 fully saturated rings. The van der Waals surface area contributed by atoms with E-state index in [1.807, 2.05) is 0 Å². The molecule has 2 heterocycles. The van der Waals surface area contributed by atoms with Gasteiger partial charge in [-0.05, 0) is 51.5 Å². The standard InChI is InChI=1S/C13H25N3/c14-10-3-5-11(6-4-10)15-12-7-9-16-8-1-2-13(12)16/h10-13,15H,1-9,14H2. The SMILES string of the molecule is NC1CCC(NC2CCN3CCCC23)CC1. The van der Waals surface area contributed by atoms with Crippen LogP contribution in [0.15, 0.2) is 0 Å². The molecule has 0 aromatic heterocycles. The molecule has 2 saturated heterocycles. The summed E-state index contributed by atoms with van der Waals surface area (Å²) in [6, 6.07) is 2.87. The Hall–Kier alpha value is -0.120. The van der Waals surface area contributed by atoms with Crippen LogP contribution in [0.25, 0.3) is 0 Å². The number of hydrogen-bond acceptors (Lipinski definition) is 3. The average molecular weight is 223 g/mol. The minimum atomic E-state index is 0.476. The van der Waals surface area contributed by atoms with Gasteiger partial charge in [0.1, 0.15) is 0 Å². The van der Waals surface area contributed by atoms with Crippen molar-refractivity contribution < 1.29 is 0 Å². The van der Waals surface area contributed by atoms with Crippen LogP contribution in [-0.2, 0) is 0 Å². The van der Waals surface area contributed by atoms with Crippen molar-refractivity contribution in [1.82, 2.24) is 10.2 Å². The first kappa shape index (κ1) is 11.0. The van der Waals surface area contributed by atoms with Gasteiger partial charge in [-0.2, -0.15) is 0 Å². The summed E-state index contributed by atoms with van der Waals surface area (Å²) in [5.74, 6) is 0. The van der Waals surface area contributed by atoms with E-state index >= 15 is 0 Å². The first-order valence-corrected chi connectivity index (χ1v) is 7.08. The molecule has 2 atom stereocenters. The van der Waals surface area contributed by atoms with Gasteiger partial charge in [0.05, 0.1) is 0 Å². The van der Waals surface area contributed by atoms with Gasteiger partial charge < -0.3 is 11.1 Å². The molecular weight excluding hydrogens is 198 g/mol. The molecule has 0 aromatic carbocycles. The summed E-state index contributed by atoms with van der Waals surface area (Å²) < 4.78 is 0.